The van der Waals surface area contributed by atoms with Crippen molar-refractivity contribution in [3.05, 3.63) is 65.2 Å². The van der Waals surface area contributed by atoms with Gasteiger partial charge in [0.1, 0.15) is 6.17 Å². The van der Waals surface area contributed by atoms with Gasteiger partial charge >= 0.3 is 0 Å². The van der Waals surface area contributed by atoms with Gasteiger partial charge in [-0.1, -0.05) is 49.4 Å². The van der Waals surface area contributed by atoms with Gasteiger partial charge in [0.05, 0.1) is 6.10 Å². The molecule has 0 radical (unpaired) electrons. The summed E-state index contributed by atoms with van der Waals surface area (Å²) in [5.74, 6) is 0. The molecule has 2 aromatic rings. The number of benzene rings is 2. The summed E-state index contributed by atoms with van der Waals surface area (Å²) in [6, 6.07) is 15.8. The molecule has 1 aliphatic rings. The van der Waals surface area contributed by atoms with E-state index in [0.29, 0.717) is 12.0 Å². The van der Waals surface area contributed by atoms with Gasteiger partial charge in [-0.3, -0.25) is 0 Å². The van der Waals surface area contributed by atoms with E-state index in [0.717, 1.165) is 38.2 Å². The van der Waals surface area contributed by atoms with Crippen LogP contribution in [0.4, 0.5) is 10.1 Å². The Kier molecular flexibility index (Phi) is 6.64. The molecule has 2 atom stereocenters. The predicted octanol–water partition coefficient (Wildman–Crippen LogP) is 4.45. The zero-order valence-electron chi connectivity index (χ0n) is 15.7. The SMILES string of the molecule is CCc1cc(C(CC(F)c2ccccc2)OC)ccc1N1CCNCC1. The van der Waals surface area contributed by atoms with Crippen molar-refractivity contribution in [2.45, 2.75) is 32.0 Å². The molecule has 0 bridgehead atoms. The van der Waals surface area contributed by atoms with Crippen LogP contribution in [-0.2, 0) is 11.2 Å². The van der Waals surface area contributed by atoms with Gasteiger partial charge in [0, 0.05) is 45.4 Å². The van der Waals surface area contributed by atoms with Gasteiger partial charge in [0.2, 0.25) is 0 Å². The molecule has 0 aliphatic carbocycles. The summed E-state index contributed by atoms with van der Waals surface area (Å²) in [7, 11) is 1.66. The standard InChI is InChI=1S/C22H29FN2O/c1-3-17-15-19(9-10-21(17)25-13-11-24-12-14-25)22(26-2)16-20(23)18-7-5-4-6-8-18/h4-10,15,20,22,24H,3,11-14,16H2,1-2H3. The lowest BCUT2D eigenvalue weighted by atomic mass is 9.96. The molecule has 2 unspecified atom stereocenters. The summed E-state index contributed by atoms with van der Waals surface area (Å²) < 4.78 is 20.4. The second kappa shape index (κ2) is 9.15. The Balaban J connectivity index is 1.77. The Morgan fingerprint density at radius 2 is 1.81 bits per heavy atom. The first-order valence-corrected chi connectivity index (χ1v) is 9.53. The van der Waals surface area contributed by atoms with Gasteiger partial charge in [0.25, 0.3) is 0 Å². The molecule has 1 saturated heterocycles. The molecule has 1 fully saturated rings. The second-order valence-corrected chi connectivity index (χ2v) is 6.82. The van der Waals surface area contributed by atoms with Gasteiger partial charge in [-0.15, -0.1) is 0 Å². The minimum Gasteiger partial charge on any atom is -0.377 e. The fourth-order valence-electron chi connectivity index (χ4n) is 3.66. The normalized spacial score (nSPS) is 17.1. The highest BCUT2D eigenvalue weighted by Crippen LogP contribution is 2.34. The summed E-state index contributed by atoms with van der Waals surface area (Å²) in [5, 5.41) is 3.39. The monoisotopic (exact) mass is 356 g/mol. The molecular weight excluding hydrogens is 327 g/mol. The summed E-state index contributed by atoms with van der Waals surface area (Å²) in [6.45, 7) is 6.27. The number of piperazine rings is 1. The molecule has 140 valence electrons. The van der Waals surface area contributed by atoms with Gasteiger partial charge in [-0.2, -0.15) is 0 Å². The van der Waals surface area contributed by atoms with Crippen molar-refractivity contribution in [3.8, 4) is 0 Å². The van der Waals surface area contributed by atoms with Gasteiger partial charge in [-0.25, -0.2) is 4.39 Å². The van der Waals surface area contributed by atoms with Crippen molar-refractivity contribution in [1.82, 2.24) is 5.32 Å². The Labute approximate surface area is 156 Å². The number of ether oxygens (including phenoxy) is 1. The topological polar surface area (TPSA) is 24.5 Å². The van der Waals surface area contributed by atoms with Crippen LogP contribution in [0.2, 0.25) is 0 Å². The number of anilines is 1. The Morgan fingerprint density at radius 3 is 2.46 bits per heavy atom. The van der Waals surface area contributed by atoms with Crippen molar-refractivity contribution >= 4 is 5.69 Å². The molecule has 1 heterocycles. The average Bonchev–Trinajstić information content (AvgIpc) is 2.72. The van der Waals surface area contributed by atoms with Crippen LogP contribution in [0.25, 0.3) is 0 Å². The summed E-state index contributed by atoms with van der Waals surface area (Å²) in [5.41, 5.74) is 4.37. The molecule has 3 nitrogen and oxygen atoms in total. The van der Waals surface area contributed by atoms with Gasteiger partial charge in [0.15, 0.2) is 0 Å². The van der Waals surface area contributed by atoms with E-state index in [2.05, 4.69) is 35.3 Å². The van der Waals surface area contributed by atoms with E-state index in [1.165, 1.54) is 11.3 Å². The van der Waals surface area contributed by atoms with Crippen LogP contribution in [0.1, 0.15) is 42.3 Å². The van der Waals surface area contributed by atoms with Gasteiger partial charge in [-0.05, 0) is 29.2 Å². The third-order valence-electron chi connectivity index (χ3n) is 5.18. The number of methoxy groups -OCH3 is 1. The Hall–Kier alpha value is -1.91. The molecule has 1 aliphatic heterocycles. The van der Waals surface area contributed by atoms with E-state index in [1.54, 1.807) is 7.11 Å². The quantitative estimate of drug-likeness (QED) is 0.793. The number of nitrogens with one attached hydrogen (secondary N) is 1. The van der Waals surface area contributed by atoms with E-state index in [9.17, 15) is 4.39 Å². The number of aryl methyl sites for hydroxylation is 1. The fraction of sp³-hybridized carbons (Fsp3) is 0.455. The first-order valence-electron chi connectivity index (χ1n) is 9.53. The summed E-state index contributed by atoms with van der Waals surface area (Å²) in [6.07, 6.45) is 0.0180. The lowest BCUT2D eigenvalue weighted by Gasteiger charge is -2.31. The van der Waals surface area contributed by atoms with Crippen LogP contribution >= 0.6 is 0 Å². The summed E-state index contributed by atoms with van der Waals surface area (Å²) in [4.78, 5) is 2.43. The first kappa shape index (κ1) is 18.9. The second-order valence-electron chi connectivity index (χ2n) is 6.82. The van der Waals surface area contributed by atoms with Crippen molar-refractivity contribution in [3.63, 3.8) is 0 Å². The lowest BCUT2D eigenvalue weighted by molar-refractivity contribution is 0.0710. The van der Waals surface area contributed by atoms with E-state index >= 15 is 0 Å². The molecule has 0 spiro atoms. The number of halogens is 1. The smallest absolute Gasteiger partial charge is 0.128 e. The predicted molar refractivity (Wildman–Crippen MR) is 106 cm³/mol. The third kappa shape index (κ3) is 4.43. The Morgan fingerprint density at radius 1 is 1.08 bits per heavy atom. The van der Waals surface area contributed by atoms with Gasteiger partial charge < -0.3 is 15.0 Å². The van der Waals surface area contributed by atoms with E-state index in [1.807, 2.05) is 30.3 Å². The van der Waals surface area contributed by atoms with Crippen LogP contribution in [0.3, 0.4) is 0 Å². The lowest BCUT2D eigenvalue weighted by Crippen LogP contribution is -2.43. The minimum atomic E-state index is -1.03. The number of hydrogen-bond acceptors (Lipinski definition) is 3. The number of nitrogens with zero attached hydrogens (tertiary/aromatic N) is 1. The Bertz CT molecular complexity index is 686. The maximum absolute atomic E-state index is 14.7. The number of rotatable bonds is 7. The molecule has 2 aromatic carbocycles. The number of hydrogen-bond donors (Lipinski definition) is 1. The molecule has 3 rings (SSSR count). The minimum absolute atomic E-state index is 0.243. The van der Waals surface area contributed by atoms with E-state index in [-0.39, 0.29) is 6.10 Å². The van der Waals surface area contributed by atoms with E-state index in [4.69, 9.17) is 4.74 Å². The highest BCUT2D eigenvalue weighted by Gasteiger charge is 2.21. The van der Waals surface area contributed by atoms with Crippen LogP contribution in [0.5, 0.6) is 0 Å². The van der Waals surface area contributed by atoms with Crippen molar-refractivity contribution < 1.29 is 9.13 Å². The third-order valence-corrected chi connectivity index (χ3v) is 5.18. The molecule has 0 amide bonds. The van der Waals surface area contributed by atoms with Crippen molar-refractivity contribution in [2.24, 2.45) is 0 Å². The molecule has 0 saturated carbocycles. The summed E-state index contributed by atoms with van der Waals surface area (Å²) >= 11 is 0. The fourth-order valence-corrected chi connectivity index (χ4v) is 3.66. The van der Waals surface area contributed by atoms with E-state index < -0.39 is 6.17 Å². The van der Waals surface area contributed by atoms with Crippen molar-refractivity contribution in [1.29, 1.82) is 0 Å². The molecule has 26 heavy (non-hydrogen) atoms. The van der Waals surface area contributed by atoms with Crippen LogP contribution in [0, 0.1) is 0 Å². The largest absolute Gasteiger partial charge is 0.377 e. The molecular formula is C22H29FN2O. The average molecular weight is 356 g/mol. The van der Waals surface area contributed by atoms with Crippen LogP contribution < -0.4 is 10.2 Å². The highest BCUT2D eigenvalue weighted by molar-refractivity contribution is 5.56. The maximum atomic E-state index is 14.7. The maximum Gasteiger partial charge on any atom is 0.128 e. The highest BCUT2D eigenvalue weighted by atomic mass is 19.1. The van der Waals surface area contributed by atoms with Crippen molar-refractivity contribution in [2.75, 3.05) is 38.2 Å². The molecule has 1 N–H and O–H groups in total. The van der Waals surface area contributed by atoms with Crippen LogP contribution in [-0.4, -0.2) is 33.3 Å². The first-order chi connectivity index (χ1) is 12.7. The zero-order chi connectivity index (χ0) is 18.4. The number of alkyl halides is 1. The van der Waals surface area contributed by atoms with Crippen LogP contribution in [0.15, 0.2) is 48.5 Å². The molecule has 4 heteroatoms. The zero-order valence-corrected chi connectivity index (χ0v) is 15.7. The molecule has 0 aromatic heterocycles.